The molecule has 0 N–H and O–H groups in total. The molecule has 0 aromatic heterocycles. The van der Waals surface area contributed by atoms with Gasteiger partial charge >= 0.3 is 0 Å². The third kappa shape index (κ3) is 4.94. The van der Waals surface area contributed by atoms with Crippen molar-refractivity contribution in [3.63, 3.8) is 0 Å². The summed E-state index contributed by atoms with van der Waals surface area (Å²) in [5, 5.41) is 0. The number of ether oxygens (including phenoxy) is 2. The van der Waals surface area contributed by atoms with Crippen LogP contribution < -0.4 is 0 Å². The molecule has 2 heteroatoms. The molecule has 0 bridgehead atoms. The molecule has 0 aromatic rings. The van der Waals surface area contributed by atoms with E-state index in [4.69, 9.17) is 9.47 Å². The Labute approximate surface area is 55.8 Å². The first-order chi connectivity index (χ1) is 4.31. The topological polar surface area (TPSA) is 18.5 Å². The van der Waals surface area contributed by atoms with Crippen molar-refractivity contribution in [2.75, 3.05) is 0 Å². The fourth-order valence-electron chi connectivity index (χ4n) is 0.357. The van der Waals surface area contributed by atoms with Crippen molar-refractivity contribution in [3.8, 4) is 0 Å². The lowest BCUT2D eigenvalue weighted by molar-refractivity contribution is -0.0456. The van der Waals surface area contributed by atoms with Gasteiger partial charge in [0.15, 0.2) is 0 Å². The van der Waals surface area contributed by atoms with Crippen LogP contribution in [-0.2, 0) is 9.47 Å². The summed E-state index contributed by atoms with van der Waals surface area (Å²) in [4.78, 5) is 0. The highest BCUT2D eigenvalue weighted by Crippen LogP contribution is 1.92. The Hall–Kier alpha value is -0.920. The molecule has 52 valence electrons. The molecule has 0 rings (SSSR count). The summed E-state index contributed by atoms with van der Waals surface area (Å²) in [5.74, 6) is 0. The van der Waals surface area contributed by atoms with Crippen LogP contribution in [0.25, 0.3) is 0 Å². The molecular weight excluding hydrogens is 116 g/mol. The average molecular weight is 128 g/mol. The Kier molecular flexibility index (Phi) is 4.69. The van der Waals surface area contributed by atoms with Crippen LogP contribution in [0, 0.1) is 0 Å². The van der Waals surface area contributed by atoms with Gasteiger partial charge in [0.25, 0.3) is 0 Å². The van der Waals surface area contributed by atoms with Crippen molar-refractivity contribution >= 4 is 0 Å². The summed E-state index contributed by atoms with van der Waals surface area (Å²) < 4.78 is 9.79. The van der Waals surface area contributed by atoms with Crippen molar-refractivity contribution in [1.82, 2.24) is 0 Å². The van der Waals surface area contributed by atoms with Gasteiger partial charge < -0.3 is 9.47 Å². The highest BCUT2D eigenvalue weighted by Gasteiger charge is 1.92. The summed E-state index contributed by atoms with van der Waals surface area (Å²) >= 11 is 0. The molecule has 0 saturated carbocycles. The van der Waals surface area contributed by atoms with Crippen LogP contribution in [0.3, 0.4) is 0 Å². The minimum atomic E-state index is -0.237. The fraction of sp³-hybridized carbons (Fsp3) is 0.429. The van der Waals surface area contributed by atoms with E-state index < -0.39 is 0 Å². The van der Waals surface area contributed by atoms with Gasteiger partial charge in [0.05, 0.1) is 12.5 Å². The first-order valence-corrected chi connectivity index (χ1v) is 2.84. The molecule has 9 heavy (non-hydrogen) atoms. The van der Waals surface area contributed by atoms with E-state index in [0.29, 0.717) is 0 Å². The van der Waals surface area contributed by atoms with Crippen molar-refractivity contribution in [1.29, 1.82) is 0 Å². The molecule has 0 radical (unpaired) electrons. The number of hydrogen-bond donors (Lipinski definition) is 0. The molecule has 0 amide bonds. The minimum Gasteiger partial charge on any atom is -0.463 e. The standard InChI is InChI=1S/C7H12O2/c1-4-6-9-7(3)8-5-2/h4-7H,2H2,1,3H3/b6-4-. The van der Waals surface area contributed by atoms with Gasteiger partial charge in [0, 0.05) is 6.92 Å². The van der Waals surface area contributed by atoms with Gasteiger partial charge in [-0.15, -0.1) is 0 Å². The van der Waals surface area contributed by atoms with Crippen molar-refractivity contribution < 1.29 is 9.47 Å². The third-order valence-electron chi connectivity index (χ3n) is 0.694. The van der Waals surface area contributed by atoms with E-state index in [1.165, 1.54) is 6.26 Å². The highest BCUT2D eigenvalue weighted by atomic mass is 16.7. The van der Waals surface area contributed by atoms with Gasteiger partial charge in [0.1, 0.15) is 0 Å². The Morgan fingerprint density at radius 2 is 2.11 bits per heavy atom. The Bertz CT molecular complexity index is 97.1. The maximum atomic E-state index is 4.96. The molecule has 0 fully saturated rings. The largest absolute Gasteiger partial charge is 0.463 e. The lowest BCUT2D eigenvalue weighted by atomic mass is 10.7. The molecular formula is C7H12O2. The van der Waals surface area contributed by atoms with E-state index in [-0.39, 0.29) is 6.29 Å². The maximum Gasteiger partial charge on any atom is 0.236 e. The van der Waals surface area contributed by atoms with E-state index in [2.05, 4.69) is 6.58 Å². The monoisotopic (exact) mass is 128 g/mol. The molecule has 1 atom stereocenters. The van der Waals surface area contributed by atoms with Crippen LogP contribution in [0.4, 0.5) is 0 Å². The van der Waals surface area contributed by atoms with Crippen molar-refractivity contribution in [2.45, 2.75) is 20.1 Å². The molecule has 0 aliphatic rings. The zero-order valence-corrected chi connectivity index (χ0v) is 5.83. The van der Waals surface area contributed by atoms with Crippen LogP contribution in [0.5, 0.6) is 0 Å². The fourth-order valence-corrected chi connectivity index (χ4v) is 0.357. The predicted octanol–water partition coefficient (Wildman–Crippen LogP) is 2.04. The smallest absolute Gasteiger partial charge is 0.236 e. The van der Waals surface area contributed by atoms with E-state index in [1.54, 1.807) is 19.3 Å². The van der Waals surface area contributed by atoms with Crippen molar-refractivity contribution in [2.24, 2.45) is 0 Å². The first kappa shape index (κ1) is 8.08. The quantitative estimate of drug-likeness (QED) is 0.426. The summed E-state index contributed by atoms with van der Waals surface area (Å²) in [6.07, 6.45) is 4.49. The molecule has 0 saturated heterocycles. The van der Waals surface area contributed by atoms with Gasteiger partial charge in [-0.25, -0.2) is 0 Å². The number of allylic oxidation sites excluding steroid dienone is 1. The van der Waals surface area contributed by atoms with Crippen LogP contribution in [0.15, 0.2) is 25.2 Å². The lowest BCUT2D eigenvalue weighted by Crippen LogP contribution is -2.04. The molecule has 0 spiro atoms. The zero-order chi connectivity index (χ0) is 7.11. The summed E-state index contributed by atoms with van der Waals surface area (Å²) in [5.41, 5.74) is 0. The van der Waals surface area contributed by atoms with E-state index in [0.717, 1.165) is 0 Å². The molecule has 2 nitrogen and oxygen atoms in total. The van der Waals surface area contributed by atoms with Crippen LogP contribution in [0.2, 0.25) is 0 Å². The summed E-state index contributed by atoms with van der Waals surface area (Å²) in [6, 6.07) is 0. The molecule has 0 heterocycles. The Morgan fingerprint density at radius 3 is 2.56 bits per heavy atom. The summed E-state index contributed by atoms with van der Waals surface area (Å²) in [7, 11) is 0. The average Bonchev–Trinajstić information content (AvgIpc) is 1.85. The van der Waals surface area contributed by atoms with Crippen LogP contribution in [-0.4, -0.2) is 6.29 Å². The predicted molar refractivity (Wildman–Crippen MR) is 36.6 cm³/mol. The van der Waals surface area contributed by atoms with Gasteiger partial charge in [-0.2, -0.15) is 0 Å². The molecule has 0 aliphatic carbocycles. The second-order valence-electron chi connectivity index (χ2n) is 1.48. The van der Waals surface area contributed by atoms with Gasteiger partial charge in [-0.3, -0.25) is 0 Å². The number of hydrogen-bond acceptors (Lipinski definition) is 2. The Balaban J connectivity index is 3.25. The van der Waals surface area contributed by atoms with Crippen LogP contribution >= 0.6 is 0 Å². The van der Waals surface area contributed by atoms with Crippen LogP contribution in [0.1, 0.15) is 13.8 Å². The number of rotatable bonds is 4. The lowest BCUT2D eigenvalue weighted by Gasteiger charge is -2.08. The van der Waals surface area contributed by atoms with E-state index in [1.807, 2.05) is 6.92 Å². The highest BCUT2D eigenvalue weighted by molar-refractivity contribution is 4.65. The minimum absolute atomic E-state index is 0.237. The molecule has 0 aromatic carbocycles. The molecule has 1 unspecified atom stereocenters. The SMILES string of the molecule is C=COC(C)O/C=C\C. The van der Waals surface area contributed by atoms with Gasteiger partial charge in [-0.1, -0.05) is 12.7 Å². The van der Waals surface area contributed by atoms with E-state index in [9.17, 15) is 0 Å². The zero-order valence-electron chi connectivity index (χ0n) is 5.83. The van der Waals surface area contributed by atoms with Gasteiger partial charge in [-0.05, 0) is 6.92 Å². The maximum absolute atomic E-state index is 4.96. The molecule has 0 aliphatic heterocycles. The third-order valence-corrected chi connectivity index (χ3v) is 0.694. The first-order valence-electron chi connectivity index (χ1n) is 2.84. The summed E-state index contributed by atoms with van der Waals surface area (Å²) in [6.45, 7) is 7.05. The Morgan fingerprint density at radius 1 is 1.44 bits per heavy atom. The van der Waals surface area contributed by atoms with Gasteiger partial charge in [0.2, 0.25) is 6.29 Å². The normalized spacial score (nSPS) is 13.1. The van der Waals surface area contributed by atoms with Crippen molar-refractivity contribution in [3.05, 3.63) is 25.2 Å². The second kappa shape index (κ2) is 5.22. The van der Waals surface area contributed by atoms with E-state index >= 15 is 0 Å². The second-order valence-corrected chi connectivity index (χ2v) is 1.48.